The van der Waals surface area contributed by atoms with Gasteiger partial charge in [-0.15, -0.1) is 0 Å². The molecule has 0 amide bonds. The second-order valence-electron chi connectivity index (χ2n) is 5.41. The minimum Gasteiger partial charge on any atom is -0.539 e. The molecule has 2 aromatic rings. The van der Waals surface area contributed by atoms with E-state index in [1.165, 1.54) is 30.5 Å². The molecule has 0 aliphatic rings. The zero-order valence-corrected chi connectivity index (χ0v) is 13.7. The van der Waals surface area contributed by atoms with Crippen molar-refractivity contribution in [2.24, 2.45) is 0 Å². The molecule has 5 nitrogen and oxygen atoms in total. The van der Waals surface area contributed by atoms with Gasteiger partial charge >= 0.3 is 5.97 Å². The molecule has 0 aromatic heterocycles. The summed E-state index contributed by atoms with van der Waals surface area (Å²) in [6.07, 6.45) is 2.42. The number of carboxylic acids is 2. The lowest BCUT2D eigenvalue weighted by atomic mass is 10.1. The Morgan fingerprint density at radius 2 is 1.54 bits per heavy atom. The molecule has 24 heavy (non-hydrogen) atoms. The maximum Gasteiger partial charge on any atom is 0.351 e. The molecule has 0 fully saturated rings. The zero-order valence-electron chi connectivity index (χ0n) is 13.7. The molecule has 128 valence electrons. The molecule has 3 N–H and O–H groups in total. The van der Waals surface area contributed by atoms with E-state index < -0.39 is 11.9 Å². The SMILES string of the molecule is CC([NH2+]CCCc1ccccc1)c1ccccc1.O=C([O-])C(=O)O. The van der Waals surface area contributed by atoms with Crippen LogP contribution in [-0.2, 0) is 16.0 Å². The van der Waals surface area contributed by atoms with Crippen molar-refractivity contribution in [3.05, 3.63) is 71.8 Å². The smallest absolute Gasteiger partial charge is 0.351 e. The second-order valence-corrected chi connectivity index (χ2v) is 5.41. The summed E-state index contributed by atoms with van der Waals surface area (Å²) in [7, 11) is 0. The first kappa shape index (κ1) is 19.4. The van der Waals surface area contributed by atoms with E-state index in [0.717, 1.165) is 0 Å². The van der Waals surface area contributed by atoms with Crippen LogP contribution in [0.5, 0.6) is 0 Å². The Balaban J connectivity index is 0.000000413. The van der Waals surface area contributed by atoms with Gasteiger partial charge in [-0.3, -0.25) is 0 Å². The van der Waals surface area contributed by atoms with E-state index in [4.69, 9.17) is 19.8 Å². The van der Waals surface area contributed by atoms with E-state index in [-0.39, 0.29) is 0 Å². The van der Waals surface area contributed by atoms with Crippen LogP contribution >= 0.6 is 0 Å². The standard InChI is InChI=1S/C17H21N.C2H2O4/c1-15(17-12-6-3-7-13-17)18-14-8-11-16-9-4-2-5-10-16;3-1(4)2(5)6/h2-7,9-10,12-13,15,18H,8,11,14H2,1H3;(H,3,4)(H,5,6). The summed E-state index contributed by atoms with van der Waals surface area (Å²) in [6.45, 7) is 3.46. The third kappa shape index (κ3) is 8.10. The van der Waals surface area contributed by atoms with Crippen LogP contribution in [0.1, 0.15) is 30.5 Å². The molecule has 0 aliphatic carbocycles. The van der Waals surface area contributed by atoms with Crippen molar-refractivity contribution in [2.75, 3.05) is 6.54 Å². The van der Waals surface area contributed by atoms with Gasteiger partial charge in [0.05, 0.1) is 6.54 Å². The van der Waals surface area contributed by atoms with Crippen LogP contribution in [-0.4, -0.2) is 23.6 Å². The van der Waals surface area contributed by atoms with Gasteiger partial charge < -0.3 is 20.3 Å². The van der Waals surface area contributed by atoms with E-state index in [2.05, 4.69) is 72.9 Å². The molecule has 0 heterocycles. The van der Waals surface area contributed by atoms with Crippen molar-refractivity contribution in [1.29, 1.82) is 0 Å². The van der Waals surface area contributed by atoms with Crippen molar-refractivity contribution >= 4 is 11.9 Å². The summed E-state index contributed by atoms with van der Waals surface area (Å²) < 4.78 is 0. The van der Waals surface area contributed by atoms with Gasteiger partial charge in [-0.1, -0.05) is 60.7 Å². The Bertz CT molecular complexity index is 602. The second kappa shape index (κ2) is 11.0. The lowest BCUT2D eigenvalue weighted by Crippen LogP contribution is -2.84. The van der Waals surface area contributed by atoms with Crippen molar-refractivity contribution in [1.82, 2.24) is 0 Å². The number of carboxylic acid groups (broad SMARTS) is 2. The minimum absolute atomic E-state index is 0.557. The minimum atomic E-state index is -2.07. The lowest BCUT2D eigenvalue weighted by molar-refractivity contribution is -0.692. The van der Waals surface area contributed by atoms with Gasteiger partial charge in [0.25, 0.3) is 0 Å². The fourth-order valence-corrected chi connectivity index (χ4v) is 2.21. The average molecular weight is 329 g/mol. The molecule has 0 spiro atoms. The zero-order chi connectivity index (χ0) is 17.8. The fraction of sp³-hybridized carbons (Fsp3) is 0.263. The predicted octanol–water partition coefficient (Wildman–Crippen LogP) is 0.765. The van der Waals surface area contributed by atoms with Gasteiger partial charge in [0.15, 0.2) is 5.97 Å². The number of carbonyl (C=O) groups excluding carboxylic acids is 1. The molecule has 1 unspecified atom stereocenters. The van der Waals surface area contributed by atoms with Crippen molar-refractivity contribution in [3.8, 4) is 0 Å². The normalized spacial score (nSPS) is 11.0. The van der Waals surface area contributed by atoms with Gasteiger partial charge in [0.2, 0.25) is 0 Å². The highest BCUT2D eigenvalue weighted by atomic mass is 16.4. The van der Waals surface area contributed by atoms with E-state index >= 15 is 0 Å². The van der Waals surface area contributed by atoms with Gasteiger partial charge in [-0.05, 0) is 18.9 Å². The lowest BCUT2D eigenvalue weighted by Gasteiger charge is -2.10. The van der Waals surface area contributed by atoms with Gasteiger partial charge in [-0.2, -0.15) is 0 Å². The fourth-order valence-electron chi connectivity index (χ4n) is 2.21. The number of aliphatic carboxylic acids is 2. The molecule has 0 saturated carbocycles. The van der Waals surface area contributed by atoms with Gasteiger partial charge in [-0.25, -0.2) is 4.79 Å². The Morgan fingerprint density at radius 3 is 2.04 bits per heavy atom. The molecule has 5 heteroatoms. The summed E-state index contributed by atoms with van der Waals surface area (Å²) in [5.41, 5.74) is 2.86. The van der Waals surface area contributed by atoms with E-state index in [1.807, 2.05) is 0 Å². The number of quaternary nitrogens is 1. The third-order valence-electron chi connectivity index (χ3n) is 3.53. The Hall–Kier alpha value is -2.66. The number of benzene rings is 2. The van der Waals surface area contributed by atoms with Crippen LogP contribution in [0, 0.1) is 0 Å². The first-order valence-corrected chi connectivity index (χ1v) is 7.87. The summed E-state index contributed by atoms with van der Waals surface area (Å²) in [5, 5.41) is 18.7. The van der Waals surface area contributed by atoms with Gasteiger partial charge in [0.1, 0.15) is 6.04 Å². The summed E-state index contributed by atoms with van der Waals surface area (Å²) in [6, 6.07) is 22.0. The summed E-state index contributed by atoms with van der Waals surface area (Å²) in [5.74, 6) is -4.01. The quantitative estimate of drug-likeness (QED) is 0.604. The van der Waals surface area contributed by atoms with Crippen LogP contribution < -0.4 is 10.4 Å². The Labute approximate surface area is 142 Å². The Kier molecular flexibility index (Phi) is 8.86. The number of aryl methyl sites for hydroxylation is 1. The average Bonchev–Trinajstić information content (AvgIpc) is 2.60. The molecule has 0 bridgehead atoms. The first-order valence-electron chi connectivity index (χ1n) is 7.87. The molecular formula is C19H23NO4. The summed E-state index contributed by atoms with van der Waals surface area (Å²) >= 11 is 0. The first-order chi connectivity index (χ1) is 11.5. The van der Waals surface area contributed by atoms with Crippen LogP contribution in [0.2, 0.25) is 0 Å². The third-order valence-corrected chi connectivity index (χ3v) is 3.53. The van der Waals surface area contributed by atoms with E-state index in [0.29, 0.717) is 6.04 Å². The summed E-state index contributed by atoms with van der Waals surface area (Å²) in [4.78, 5) is 18.0. The van der Waals surface area contributed by atoms with E-state index in [9.17, 15) is 0 Å². The maximum absolute atomic E-state index is 9.04. The number of nitrogens with two attached hydrogens (primary N) is 1. The molecule has 0 aliphatic heterocycles. The molecule has 2 aromatic carbocycles. The highest BCUT2D eigenvalue weighted by molar-refractivity contribution is 6.26. The van der Waals surface area contributed by atoms with Crippen molar-refractivity contribution < 1.29 is 25.1 Å². The predicted molar refractivity (Wildman–Crippen MR) is 89.1 cm³/mol. The topological polar surface area (TPSA) is 94.0 Å². The van der Waals surface area contributed by atoms with Crippen LogP contribution in [0.25, 0.3) is 0 Å². The van der Waals surface area contributed by atoms with Crippen LogP contribution in [0.3, 0.4) is 0 Å². The highest BCUT2D eigenvalue weighted by Crippen LogP contribution is 2.06. The number of carbonyl (C=O) groups is 2. The number of hydrogen-bond donors (Lipinski definition) is 2. The monoisotopic (exact) mass is 329 g/mol. The molecule has 2 rings (SSSR count). The molecule has 1 atom stereocenters. The van der Waals surface area contributed by atoms with Crippen molar-refractivity contribution in [3.63, 3.8) is 0 Å². The number of rotatable bonds is 6. The maximum atomic E-state index is 9.04. The van der Waals surface area contributed by atoms with Gasteiger partial charge in [0, 0.05) is 12.0 Å². The van der Waals surface area contributed by atoms with E-state index in [1.54, 1.807) is 0 Å². The van der Waals surface area contributed by atoms with Crippen LogP contribution in [0.15, 0.2) is 60.7 Å². The Morgan fingerprint density at radius 1 is 1.04 bits per heavy atom. The van der Waals surface area contributed by atoms with Crippen molar-refractivity contribution in [2.45, 2.75) is 25.8 Å². The van der Waals surface area contributed by atoms with Crippen LogP contribution in [0.4, 0.5) is 0 Å². The molecule has 0 saturated heterocycles. The largest absolute Gasteiger partial charge is 0.539 e. The number of hydrogen-bond acceptors (Lipinski definition) is 3. The highest BCUT2D eigenvalue weighted by Gasteiger charge is 2.06. The molecule has 0 radical (unpaired) electrons. The molecular weight excluding hydrogens is 306 g/mol.